The molecule has 1 amide bonds. The third-order valence-electron chi connectivity index (χ3n) is 6.94. The van der Waals surface area contributed by atoms with Gasteiger partial charge >= 0.3 is 0 Å². The second-order valence-corrected chi connectivity index (χ2v) is 8.83. The molecule has 2 aromatic carbocycles. The molecule has 0 spiro atoms. The molecule has 1 aliphatic carbocycles. The molecule has 0 unspecified atom stereocenters. The highest BCUT2D eigenvalue weighted by Gasteiger charge is 2.29. The smallest absolute Gasteiger partial charge is 0.252 e. The van der Waals surface area contributed by atoms with Crippen molar-refractivity contribution in [3.63, 3.8) is 0 Å². The molecule has 1 aromatic heterocycles. The summed E-state index contributed by atoms with van der Waals surface area (Å²) in [6, 6.07) is 13.5. The van der Waals surface area contributed by atoms with Crippen molar-refractivity contribution in [1.82, 2.24) is 10.3 Å². The van der Waals surface area contributed by atoms with E-state index in [1.807, 2.05) is 42.5 Å². The Morgan fingerprint density at radius 1 is 0.970 bits per heavy atom. The van der Waals surface area contributed by atoms with Crippen LogP contribution in [-0.2, 0) is 0 Å². The summed E-state index contributed by atoms with van der Waals surface area (Å²) >= 11 is 0. The molecule has 0 saturated heterocycles. The first-order valence-electron chi connectivity index (χ1n) is 11.5. The molecule has 1 aliphatic rings. The maximum absolute atomic E-state index is 13.5. The van der Waals surface area contributed by atoms with E-state index in [0.29, 0.717) is 40.3 Å². The van der Waals surface area contributed by atoms with Gasteiger partial charge < -0.3 is 19.5 Å². The average molecular weight is 449 g/mol. The van der Waals surface area contributed by atoms with Crippen LogP contribution in [0.15, 0.2) is 42.5 Å². The molecule has 6 heteroatoms. The minimum atomic E-state index is -0.0618. The molecular weight excluding hydrogens is 416 g/mol. The Morgan fingerprint density at radius 2 is 1.67 bits per heavy atom. The second kappa shape index (κ2) is 9.69. The fraction of sp³-hybridized carbons (Fsp3) is 0.407. The molecule has 6 nitrogen and oxygen atoms in total. The minimum Gasteiger partial charge on any atom is -0.493 e. The van der Waals surface area contributed by atoms with Crippen LogP contribution in [0.5, 0.6) is 17.2 Å². The van der Waals surface area contributed by atoms with E-state index in [4.69, 9.17) is 19.2 Å². The Labute approximate surface area is 195 Å². The first-order valence-corrected chi connectivity index (χ1v) is 11.5. The van der Waals surface area contributed by atoms with Gasteiger partial charge in [-0.3, -0.25) is 4.79 Å². The monoisotopic (exact) mass is 448 g/mol. The molecule has 1 heterocycles. The normalized spacial score (nSPS) is 20.3. The van der Waals surface area contributed by atoms with Gasteiger partial charge in [0, 0.05) is 17.0 Å². The molecule has 3 atom stereocenters. The van der Waals surface area contributed by atoms with Gasteiger partial charge in [0.1, 0.15) is 0 Å². The lowest BCUT2D eigenvalue weighted by atomic mass is 9.78. The number of nitrogens with zero attached hydrogens (tertiary/aromatic N) is 1. The van der Waals surface area contributed by atoms with Crippen LogP contribution in [0.4, 0.5) is 0 Å². The van der Waals surface area contributed by atoms with E-state index in [2.05, 4.69) is 19.2 Å². The number of nitrogens with one attached hydrogen (secondary N) is 1. The Bertz CT molecular complexity index is 1140. The number of benzene rings is 2. The fourth-order valence-electron chi connectivity index (χ4n) is 4.77. The van der Waals surface area contributed by atoms with Crippen molar-refractivity contribution >= 4 is 16.8 Å². The molecule has 1 N–H and O–H groups in total. The van der Waals surface area contributed by atoms with E-state index in [1.54, 1.807) is 21.3 Å². The van der Waals surface area contributed by atoms with Gasteiger partial charge in [0.2, 0.25) is 5.75 Å². The first-order chi connectivity index (χ1) is 16.0. The number of hydrogen-bond acceptors (Lipinski definition) is 5. The Balaban J connectivity index is 1.79. The maximum atomic E-state index is 13.5. The summed E-state index contributed by atoms with van der Waals surface area (Å²) in [5.74, 6) is 2.59. The largest absolute Gasteiger partial charge is 0.493 e. The second-order valence-electron chi connectivity index (χ2n) is 8.83. The molecule has 0 radical (unpaired) electrons. The van der Waals surface area contributed by atoms with Crippen LogP contribution >= 0.6 is 0 Å². The molecule has 174 valence electrons. The molecule has 33 heavy (non-hydrogen) atoms. The number of hydrogen-bond donors (Lipinski definition) is 1. The summed E-state index contributed by atoms with van der Waals surface area (Å²) in [5.41, 5.74) is 2.83. The van der Waals surface area contributed by atoms with Crippen LogP contribution in [0, 0.1) is 11.8 Å². The van der Waals surface area contributed by atoms with Gasteiger partial charge in [-0.25, -0.2) is 4.98 Å². The minimum absolute atomic E-state index is 0.0618. The van der Waals surface area contributed by atoms with Crippen molar-refractivity contribution in [2.45, 2.75) is 39.2 Å². The van der Waals surface area contributed by atoms with Crippen molar-refractivity contribution in [1.29, 1.82) is 0 Å². The van der Waals surface area contributed by atoms with Gasteiger partial charge in [0.05, 0.1) is 38.1 Å². The number of amides is 1. The van der Waals surface area contributed by atoms with E-state index in [-0.39, 0.29) is 11.9 Å². The van der Waals surface area contributed by atoms with Crippen molar-refractivity contribution in [3.05, 3.63) is 48.0 Å². The van der Waals surface area contributed by atoms with E-state index < -0.39 is 0 Å². The Hall–Kier alpha value is -3.28. The van der Waals surface area contributed by atoms with Crippen LogP contribution in [0.2, 0.25) is 0 Å². The summed E-state index contributed by atoms with van der Waals surface area (Å²) in [7, 11) is 4.74. The van der Waals surface area contributed by atoms with Gasteiger partial charge in [-0.15, -0.1) is 0 Å². The Morgan fingerprint density at radius 3 is 2.33 bits per heavy atom. The molecule has 4 rings (SSSR count). The van der Waals surface area contributed by atoms with Gasteiger partial charge in [0.15, 0.2) is 11.5 Å². The van der Waals surface area contributed by atoms with Crippen molar-refractivity contribution in [3.8, 4) is 28.5 Å². The highest BCUT2D eigenvalue weighted by Crippen LogP contribution is 2.41. The molecule has 3 aromatic rings. The molecule has 0 bridgehead atoms. The molecule has 1 saturated carbocycles. The zero-order chi connectivity index (χ0) is 23.5. The van der Waals surface area contributed by atoms with Gasteiger partial charge in [0.25, 0.3) is 5.91 Å². The zero-order valence-electron chi connectivity index (χ0n) is 20.0. The summed E-state index contributed by atoms with van der Waals surface area (Å²) in [6.07, 6.45) is 3.38. The molecule has 0 aliphatic heterocycles. The van der Waals surface area contributed by atoms with Gasteiger partial charge in [-0.1, -0.05) is 44.9 Å². The van der Waals surface area contributed by atoms with Crippen LogP contribution in [0.25, 0.3) is 22.2 Å². The number of rotatable bonds is 6. The molecular formula is C27H32N2O4. The van der Waals surface area contributed by atoms with E-state index >= 15 is 0 Å². The predicted octanol–water partition coefficient (Wildman–Crippen LogP) is 5.48. The van der Waals surface area contributed by atoms with Crippen molar-refractivity contribution < 1.29 is 19.0 Å². The molecule has 1 fully saturated rings. The highest BCUT2D eigenvalue weighted by molar-refractivity contribution is 6.07. The average Bonchev–Trinajstić information content (AvgIpc) is 2.85. The van der Waals surface area contributed by atoms with Crippen LogP contribution < -0.4 is 19.5 Å². The lowest BCUT2D eigenvalue weighted by Gasteiger charge is -2.34. The lowest BCUT2D eigenvalue weighted by molar-refractivity contribution is 0.0892. The zero-order valence-corrected chi connectivity index (χ0v) is 20.0. The maximum Gasteiger partial charge on any atom is 0.252 e. The Kier molecular flexibility index (Phi) is 6.72. The third-order valence-corrected chi connectivity index (χ3v) is 6.94. The van der Waals surface area contributed by atoms with Crippen molar-refractivity contribution in [2.75, 3.05) is 21.3 Å². The number of carbonyl (C=O) groups is 1. The van der Waals surface area contributed by atoms with Crippen LogP contribution in [0.3, 0.4) is 0 Å². The standard InChI is InChI=1S/C27H32N2O4/c1-16-9-8-12-21(17(16)2)29-27(30)20-15-23(28-22-11-7-6-10-19(20)22)18-13-24(31-3)26(33-5)25(14-18)32-4/h6-7,10-11,13-17,21H,8-9,12H2,1-5H3,(H,29,30)/t16-,17+,21-/m1/s1. The number of methoxy groups -OCH3 is 3. The first kappa shape index (κ1) is 22.9. The van der Waals surface area contributed by atoms with E-state index in [9.17, 15) is 4.79 Å². The van der Waals surface area contributed by atoms with Crippen molar-refractivity contribution in [2.24, 2.45) is 11.8 Å². The quantitative estimate of drug-likeness (QED) is 0.541. The number of pyridine rings is 1. The number of carbonyl (C=O) groups excluding carboxylic acids is 1. The van der Waals surface area contributed by atoms with E-state index in [1.165, 1.54) is 6.42 Å². The lowest BCUT2D eigenvalue weighted by Crippen LogP contribution is -2.43. The number of fused-ring (bicyclic) bond motifs is 1. The van der Waals surface area contributed by atoms with Gasteiger partial charge in [-0.2, -0.15) is 0 Å². The number of ether oxygens (including phenoxy) is 3. The van der Waals surface area contributed by atoms with Gasteiger partial charge in [-0.05, 0) is 42.5 Å². The predicted molar refractivity (Wildman–Crippen MR) is 130 cm³/mol. The summed E-state index contributed by atoms with van der Waals surface area (Å²) in [6.45, 7) is 4.51. The summed E-state index contributed by atoms with van der Waals surface area (Å²) < 4.78 is 16.5. The van der Waals surface area contributed by atoms with Crippen LogP contribution in [0.1, 0.15) is 43.5 Å². The van der Waals surface area contributed by atoms with Crippen LogP contribution in [-0.4, -0.2) is 38.3 Å². The highest BCUT2D eigenvalue weighted by atomic mass is 16.5. The topological polar surface area (TPSA) is 69.7 Å². The summed E-state index contributed by atoms with van der Waals surface area (Å²) in [4.78, 5) is 18.3. The SMILES string of the molecule is COc1cc(-c2cc(C(=O)N[C@@H]3CCC[C@@H](C)[C@@H]3C)c3ccccc3n2)cc(OC)c1OC. The third kappa shape index (κ3) is 4.47. The number of para-hydroxylation sites is 1. The number of aromatic nitrogens is 1. The summed E-state index contributed by atoms with van der Waals surface area (Å²) in [5, 5.41) is 4.15. The van der Waals surface area contributed by atoms with E-state index in [0.717, 1.165) is 29.3 Å². The fourth-order valence-corrected chi connectivity index (χ4v) is 4.77.